The van der Waals surface area contributed by atoms with Crippen molar-refractivity contribution >= 4 is 11.6 Å². The summed E-state index contributed by atoms with van der Waals surface area (Å²) in [6.45, 7) is 0.349. The van der Waals surface area contributed by atoms with Crippen LogP contribution in [0.5, 0.6) is 5.75 Å². The van der Waals surface area contributed by atoms with Crippen molar-refractivity contribution < 1.29 is 44.2 Å². The van der Waals surface area contributed by atoms with E-state index in [-0.39, 0.29) is 49.9 Å². The molecule has 39 heavy (non-hydrogen) atoms. The van der Waals surface area contributed by atoms with Crippen LogP contribution >= 0.6 is 0 Å². The number of carbonyl (C=O) groups excluding carboxylic acids is 1. The number of ether oxygens (including phenoxy) is 4. The van der Waals surface area contributed by atoms with E-state index in [9.17, 15) is 25.2 Å². The molecule has 1 aromatic carbocycles. The van der Waals surface area contributed by atoms with Crippen LogP contribution in [0.25, 0.3) is 0 Å². The van der Waals surface area contributed by atoms with Crippen molar-refractivity contribution in [2.24, 2.45) is 17.6 Å². The number of anilines is 1. The van der Waals surface area contributed by atoms with Crippen LogP contribution in [0.3, 0.4) is 0 Å². The minimum absolute atomic E-state index is 0.00821. The molecule has 6 N–H and O–H groups in total. The Morgan fingerprint density at radius 2 is 1.62 bits per heavy atom. The van der Waals surface area contributed by atoms with Gasteiger partial charge in [0.1, 0.15) is 22.8 Å². The molecular weight excluding hydrogens is 510 g/mol. The van der Waals surface area contributed by atoms with Crippen LogP contribution in [0.15, 0.2) is 34.8 Å². The normalized spacial score (nSPS) is 32.5. The summed E-state index contributed by atoms with van der Waals surface area (Å²) >= 11 is 0. The molecule has 2 saturated heterocycles. The number of amides is 1. The van der Waals surface area contributed by atoms with E-state index in [0.717, 1.165) is 11.3 Å². The van der Waals surface area contributed by atoms with Gasteiger partial charge in [-0.25, -0.2) is 0 Å². The predicted octanol–water partition coefficient (Wildman–Crippen LogP) is 0.378. The lowest BCUT2D eigenvalue weighted by Crippen LogP contribution is -2.72. The standard InChI is InChI=1S/C27H35N3O9/c1-29(2)16-5-6-17(31)19-14(16)11-13-12-15-21(30(3)4)22(32)20(24(28)34)27(38-9-10-39-27)25(15,35)23(33)18(13)26(19)36-7-8-37-26/h5-6,13,15,21,31-33,35H,7-12H2,1-4H3,(H2,28,34)/t13-,15-,21-,25-/m0/s1. The third-order valence-corrected chi connectivity index (χ3v) is 8.92. The van der Waals surface area contributed by atoms with Gasteiger partial charge in [0, 0.05) is 31.3 Å². The maximum Gasteiger partial charge on any atom is 0.253 e. The Hall–Kier alpha value is -2.87. The average Bonchev–Trinajstić information content (AvgIpc) is 3.52. The largest absolute Gasteiger partial charge is 0.510 e. The maximum absolute atomic E-state index is 12.8. The van der Waals surface area contributed by atoms with Gasteiger partial charge in [-0.3, -0.25) is 9.69 Å². The summed E-state index contributed by atoms with van der Waals surface area (Å²) in [5, 5.41) is 47.5. The maximum atomic E-state index is 12.8. The number of phenolic OH excluding ortho intramolecular Hbond substituents is 1. The van der Waals surface area contributed by atoms with Crippen molar-refractivity contribution in [2.45, 2.75) is 36.1 Å². The second-order valence-electron chi connectivity index (χ2n) is 11.3. The van der Waals surface area contributed by atoms with Crippen LogP contribution in [-0.4, -0.2) is 103 Å². The molecule has 6 rings (SSSR count). The van der Waals surface area contributed by atoms with E-state index in [0.29, 0.717) is 12.0 Å². The number of nitrogens with zero attached hydrogens (tertiary/aromatic N) is 2. The predicted molar refractivity (Wildman–Crippen MR) is 137 cm³/mol. The van der Waals surface area contributed by atoms with Crippen molar-refractivity contribution in [1.82, 2.24) is 4.90 Å². The SMILES string of the molecule is CN(C)c1ccc(O)c2c1C[C@H]1C[C@H]3[C@H](N(C)C)C(O)=C(C(N)=O)C4(OCCO4)[C@@]3(O)C(O)=C1C21OCCO1. The van der Waals surface area contributed by atoms with Gasteiger partial charge in [-0.2, -0.15) is 0 Å². The molecule has 0 bridgehead atoms. The molecule has 2 spiro atoms. The lowest BCUT2D eigenvalue weighted by Gasteiger charge is -2.58. The van der Waals surface area contributed by atoms with Gasteiger partial charge in [0.25, 0.3) is 5.91 Å². The van der Waals surface area contributed by atoms with Crippen molar-refractivity contribution in [3.8, 4) is 5.75 Å². The van der Waals surface area contributed by atoms with Crippen LogP contribution in [-0.2, 0) is 35.9 Å². The fourth-order valence-corrected chi connectivity index (χ4v) is 7.61. The molecule has 1 amide bonds. The van der Waals surface area contributed by atoms with E-state index < -0.39 is 52.3 Å². The second-order valence-corrected chi connectivity index (χ2v) is 11.3. The van der Waals surface area contributed by atoms with Crippen LogP contribution in [0, 0.1) is 11.8 Å². The average molecular weight is 546 g/mol. The van der Waals surface area contributed by atoms with E-state index in [1.807, 2.05) is 25.1 Å². The number of primary amides is 1. The number of rotatable bonds is 3. The Morgan fingerprint density at radius 1 is 1.00 bits per heavy atom. The molecule has 3 aliphatic carbocycles. The number of aliphatic hydroxyl groups excluding tert-OH is 2. The first-order chi connectivity index (χ1) is 18.4. The lowest BCUT2D eigenvalue weighted by molar-refractivity contribution is -0.281. The van der Waals surface area contributed by atoms with E-state index in [1.54, 1.807) is 25.1 Å². The molecule has 2 heterocycles. The van der Waals surface area contributed by atoms with Crippen LogP contribution < -0.4 is 10.6 Å². The first kappa shape index (κ1) is 26.4. The second kappa shape index (κ2) is 8.56. The number of phenols is 1. The van der Waals surface area contributed by atoms with Gasteiger partial charge in [-0.15, -0.1) is 0 Å². The summed E-state index contributed by atoms with van der Waals surface area (Å²) in [5.74, 6) is -7.28. The molecule has 212 valence electrons. The summed E-state index contributed by atoms with van der Waals surface area (Å²) in [6, 6.07) is 2.47. The molecular formula is C27H35N3O9. The highest BCUT2D eigenvalue weighted by atomic mass is 16.8. The van der Waals surface area contributed by atoms with Crippen LogP contribution in [0.1, 0.15) is 17.5 Å². The van der Waals surface area contributed by atoms with Gasteiger partial charge >= 0.3 is 0 Å². The number of nitrogens with two attached hydrogens (primary N) is 1. The Labute approximate surface area is 225 Å². The Morgan fingerprint density at radius 3 is 2.18 bits per heavy atom. The number of hydrogen-bond acceptors (Lipinski definition) is 11. The Balaban J connectivity index is 1.68. The van der Waals surface area contributed by atoms with Gasteiger partial charge in [0.2, 0.25) is 11.6 Å². The van der Waals surface area contributed by atoms with Gasteiger partial charge in [0.05, 0.1) is 38.0 Å². The van der Waals surface area contributed by atoms with Gasteiger partial charge in [-0.05, 0) is 50.6 Å². The summed E-state index contributed by atoms with van der Waals surface area (Å²) in [7, 11) is 7.20. The first-order valence-corrected chi connectivity index (χ1v) is 13.1. The quantitative estimate of drug-likeness (QED) is 0.356. The molecule has 0 saturated carbocycles. The van der Waals surface area contributed by atoms with Crippen LogP contribution in [0.2, 0.25) is 0 Å². The van der Waals surface area contributed by atoms with Gasteiger partial charge in [0.15, 0.2) is 5.60 Å². The highest BCUT2D eigenvalue weighted by Gasteiger charge is 2.74. The molecule has 0 radical (unpaired) electrons. The molecule has 1 aromatic rings. The van der Waals surface area contributed by atoms with E-state index in [1.165, 1.54) is 0 Å². The fraction of sp³-hybridized carbons (Fsp3) is 0.593. The molecule has 2 fully saturated rings. The molecule has 12 nitrogen and oxygen atoms in total. The zero-order valence-corrected chi connectivity index (χ0v) is 22.4. The smallest absolute Gasteiger partial charge is 0.253 e. The monoisotopic (exact) mass is 545 g/mol. The summed E-state index contributed by atoms with van der Waals surface area (Å²) in [6.07, 6.45) is 0.624. The third kappa shape index (κ3) is 3.12. The number of fused-ring (bicyclic) bond motifs is 6. The molecule has 0 aromatic heterocycles. The van der Waals surface area contributed by atoms with Gasteiger partial charge in [-0.1, -0.05) is 0 Å². The van der Waals surface area contributed by atoms with Gasteiger partial charge < -0.3 is 50.0 Å². The minimum Gasteiger partial charge on any atom is -0.510 e. The minimum atomic E-state index is -2.35. The van der Waals surface area contributed by atoms with Crippen molar-refractivity contribution in [3.63, 3.8) is 0 Å². The van der Waals surface area contributed by atoms with Crippen molar-refractivity contribution in [1.29, 1.82) is 0 Å². The zero-order valence-electron chi connectivity index (χ0n) is 22.4. The highest BCUT2D eigenvalue weighted by Crippen LogP contribution is 2.63. The number of benzene rings is 1. The molecule has 2 aliphatic heterocycles. The number of carbonyl (C=O) groups is 1. The van der Waals surface area contributed by atoms with E-state index in [4.69, 9.17) is 24.7 Å². The lowest BCUT2D eigenvalue weighted by atomic mass is 9.56. The number of aliphatic hydroxyl groups is 3. The number of aromatic hydroxyl groups is 1. The summed E-state index contributed by atoms with van der Waals surface area (Å²) in [4.78, 5) is 16.4. The topological polar surface area (TPSA) is 167 Å². The van der Waals surface area contributed by atoms with E-state index in [2.05, 4.69) is 0 Å². The number of hydrogen-bond donors (Lipinski definition) is 5. The summed E-state index contributed by atoms with van der Waals surface area (Å²) in [5.41, 5.74) is 5.20. The summed E-state index contributed by atoms with van der Waals surface area (Å²) < 4.78 is 24.3. The first-order valence-electron chi connectivity index (χ1n) is 13.1. The Kier molecular flexibility index (Phi) is 5.79. The molecule has 4 atom stereocenters. The number of likely N-dealkylation sites (N-methyl/N-ethyl adjacent to an activating group) is 1. The molecule has 0 unspecified atom stereocenters. The molecule has 5 aliphatic rings. The van der Waals surface area contributed by atoms with Crippen molar-refractivity contribution in [3.05, 3.63) is 45.9 Å². The third-order valence-electron chi connectivity index (χ3n) is 8.92. The van der Waals surface area contributed by atoms with Crippen LogP contribution in [0.4, 0.5) is 5.69 Å². The zero-order chi connectivity index (χ0) is 28.1. The highest BCUT2D eigenvalue weighted by molar-refractivity contribution is 5.95. The van der Waals surface area contributed by atoms with Crippen molar-refractivity contribution in [2.75, 3.05) is 59.5 Å². The Bertz CT molecular complexity index is 1290. The van der Waals surface area contributed by atoms with E-state index >= 15 is 0 Å². The fourth-order valence-electron chi connectivity index (χ4n) is 7.61. The molecule has 12 heteroatoms.